The first-order chi connectivity index (χ1) is 13.0. The average Bonchev–Trinajstić information content (AvgIpc) is 2.64. The molecule has 0 saturated heterocycles. The maximum absolute atomic E-state index is 5.65. The summed E-state index contributed by atoms with van der Waals surface area (Å²) in [6.45, 7) is 8.35. The molecule has 0 saturated carbocycles. The molecule has 2 N–H and O–H groups in total. The first kappa shape index (κ1) is 18.6. The molecule has 1 heterocycles. The van der Waals surface area contributed by atoms with Crippen LogP contribution in [0, 0.1) is 0 Å². The maximum Gasteiger partial charge on any atom is 0.249 e. The third-order valence-corrected chi connectivity index (χ3v) is 3.89. The quantitative estimate of drug-likeness (QED) is 0.596. The molecule has 0 aliphatic rings. The molecule has 0 aliphatic heterocycles. The van der Waals surface area contributed by atoms with Crippen molar-refractivity contribution in [2.75, 3.05) is 10.6 Å². The Morgan fingerprint density at radius 1 is 0.815 bits per heavy atom. The number of hydrogen-bond acceptors (Lipinski definition) is 6. The summed E-state index contributed by atoms with van der Waals surface area (Å²) < 4.78 is 5.65. The van der Waals surface area contributed by atoms with E-state index in [-0.39, 0.29) is 6.10 Å². The predicted molar refractivity (Wildman–Crippen MR) is 109 cm³/mol. The summed E-state index contributed by atoms with van der Waals surface area (Å²) in [7, 11) is 0. The lowest BCUT2D eigenvalue weighted by Gasteiger charge is -2.11. The van der Waals surface area contributed by atoms with E-state index < -0.39 is 0 Å². The van der Waals surface area contributed by atoms with E-state index in [1.807, 2.05) is 50.2 Å². The molecule has 0 aliphatic carbocycles. The molecule has 1 aromatic heterocycles. The highest BCUT2D eigenvalue weighted by Gasteiger charge is 2.04. The summed E-state index contributed by atoms with van der Waals surface area (Å²) in [5.41, 5.74) is 3.12. The number of hydrogen-bond donors (Lipinski definition) is 2. The van der Waals surface area contributed by atoms with Gasteiger partial charge in [0.05, 0.1) is 12.3 Å². The van der Waals surface area contributed by atoms with Crippen molar-refractivity contribution >= 4 is 23.1 Å². The molecule has 0 spiro atoms. The van der Waals surface area contributed by atoms with Crippen LogP contribution in [0.4, 0.5) is 23.1 Å². The largest absolute Gasteiger partial charge is 0.491 e. The Labute approximate surface area is 160 Å². The molecular weight excluding hydrogens is 338 g/mol. The number of rotatable bonds is 7. The summed E-state index contributed by atoms with van der Waals surface area (Å²) in [6.07, 6.45) is 1.74. The van der Waals surface area contributed by atoms with E-state index in [1.165, 1.54) is 5.56 Å². The van der Waals surface area contributed by atoms with Gasteiger partial charge in [-0.2, -0.15) is 10.1 Å². The maximum atomic E-state index is 5.65. The zero-order valence-electron chi connectivity index (χ0n) is 16.1. The fourth-order valence-corrected chi connectivity index (χ4v) is 2.53. The lowest BCUT2D eigenvalue weighted by Crippen LogP contribution is -2.05. The molecule has 3 aromatic rings. The standard InChI is InChI=1S/C21H25N5O/c1-14(2)16-5-7-18(8-6-16)24-21-25-20(13-22-26-21)23-17-9-11-19(12-10-17)27-15(3)4/h5-15H,1-4H3,(H2,23,24,25,26). The van der Waals surface area contributed by atoms with Crippen LogP contribution in [0.5, 0.6) is 5.75 Å². The number of ether oxygens (including phenoxy) is 1. The number of anilines is 4. The molecule has 140 valence electrons. The average molecular weight is 363 g/mol. The molecule has 0 bridgehead atoms. The van der Waals surface area contributed by atoms with Gasteiger partial charge in [-0.1, -0.05) is 26.0 Å². The Morgan fingerprint density at radius 3 is 2.07 bits per heavy atom. The molecule has 6 heteroatoms. The zero-order chi connectivity index (χ0) is 19.2. The van der Waals surface area contributed by atoms with E-state index in [4.69, 9.17) is 4.74 Å². The first-order valence-electron chi connectivity index (χ1n) is 9.10. The number of benzene rings is 2. The minimum atomic E-state index is 0.151. The zero-order valence-corrected chi connectivity index (χ0v) is 16.1. The van der Waals surface area contributed by atoms with Crippen molar-refractivity contribution in [3.63, 3.8) is 0 Å². The van der Waals surface area contributed by atoms with E-state index in [2.05, 4.69) is 51.8 Å². The normalized spacial score (nSPS) is 10.9. The van der Waals surface area contributed by atoms with Crippen LogP contribution in [-0.4, -0.2) is 21.3 Å². The summed E-state index contributed by atoms with van der Waals surface area (Å²) in [6, 6.07) is 16.0. The van der Waals surface area contributed by atoms with Gasteiger partial charge in [0.1, 0.15) is 5.75 Å². The highest BCUT2D eigenvalue weighted by molar-refractivity contribution is 5.59. The van der Waals surface area contributed by atoms with Gasteiger partial charge in [0, 0.05) is 11.4 Å². The number of nitrogens with one attached hydrogen (secondary N) is 2. The number of aromatic nitrogens is 3. The van der Waals surface area contributed by atoms with Crippen LogP contribution in [0.15, 0.2) is 54.7 Å². The van der Waals surface area contributed by atoms with Crippen molar-refractivity contribution in [2.45, 2.75) is 39.7 Å². The Kier molecular flexibility index (Phi) is 5.86. The van der Waals surface area contributed by atoms with Gasteiger partial charge >= 0.3 is 0 Å². The topological polar surface area (TPSA) is 72.0 Å². The Morgan fingerprint density at radius 2 is 1.44 bits per heavy atom. The number of nitrogens with zero attached hydrogens (tertiary/aromatic N) is 3. The molecule has 3 rings (SSSR count). The SMILES string of the molecule is CC(C)Oc1ccc(Nc2cnnc(Nc3ccc(C(C)C)cc3)n2)cc1. The third kappa shape index (κ3) is 5.41. The van der Waals surface area contributed by atoms with Gasteiger partial charge in [0.25, 0.3) is 0 Å². The minimum Gasteiger partial charge on any atom is -0.491 e. The smallest absolute Gasteiger partial charge is 0.249 e. The van der Waals surface area contributed by atoms with E-state index in [9.17, 15) is 0 Å². The van der Waals surface area contributed by atoms with E-state index in [1.54, 1.807) is 6.20 Å². The molecule has 2 aromatic carbocycles. The van der Waals surface area contributed by atoms with Gasteiger partial charge in [-0.25, -0.2) is 0 Å². The fourth-order valence-electron chi connectivity index (χ4n) is 2.53. The second kappa shape index (κ2) is 8.49. The molecule has 27 heavy (non-hydrogen) atoms. The highest BCUT2D eigenvalue weighted by atomic mass is 16.5. The van der Waals surface area contributed by atoms with Crippen LogP contribution >= 0.6 is 0 Å². The molecule has 0 amide bonds. The molecular formula is C21H25N5O. The molecule has 0 unspecified atom stereocenters. The molecule has 0 fully saturated rings. The Hall–Kier alpha value is -3.15. The first-order valence-corrected chi connectivity index (χ1v) is 9.10. The van der Waals surface area contributed by atoms with Crippen LogP contribution in [0.2, 0.25) is 0 Å². The van der Waals surface area contributed by atoms with Gasteiger partial charge in [-0.3, -0.25) is 0 Å². The molecule has 0 radical (unpaired) electrons. The van der Waals surface area contributed by atoms with Crippen LogP contribution in [0.3, 0.4) is 0 Å². The molecule has 0 atom stereocenters. The Balaban J connectivity index is 1.66. The van der Waals surface area contributed by atoms with E-state index in [0.717, 1.165) is 17.1 Å². The van der Waals surface area contributed by atoms with Crippen molar-refractivity contribution in [1.82, 2.24) is 15.2 Å². The van der Waals surface area contributed by atoms with Gasteiger partial charge in [0.15, 0.2) is 5.82 Å². The Bertz CT molecular complexity index is 861. The van der Waals surface area contributed by atoms with Crippen LogP contribution in [0.25, 0.3) is 0 Å². The van der Waals surface area contributed by atoms with Crippen LogP contribution < -0.4 is 15.4 Å². The van der Waals surface area contributed by atoms with Gasteiger partial charge in [-0.15, -0.1) is 5.10 Å². The third-order valence-electron chi connectivity index (χ3n) is 3.89. The van der Waals surface area contributed by atoms with Crippen molar-refractivity contribution in [2.24, 2.45) is 0 Å². The molecule has 6 nitrogen and oxygen atoms in total. The van der Waals surface area contributed by atoms with Crippen molar-refractivity contribution < 1.29 is 4.74 Å². The van der Waals surface area contributed by atoms with E-state index >= 15 is 0 Å². The highest BCUT2D eigenvalue weighted by Crippen LogP contribution is 2.21. The minimum absolute atomic E-state index is 0.151. The predicted octanol–water partition coefficient (Wildman–Crippen LogP) is 5.27. The summed E-state index contributed by atoms with van der Waals surface area (Å²) >= 11 is 0. The van der Waals surface area contributed by atoms with Crippen LogP contribution in [-0.2, 0) is 0 Å². The van der Waals surface area contributed by atoms with Gasteiger partial charge in [0.2, 0.25) is 5.95 Å². The second-order valence-electron chi connectivity index (χ2n) is 6.88. The van der Waals surface area contributed by atoms with Gasteiger partial charge < -0.3 is 15.4 Å². The lowest BCUT2D eigenvalue weighted by molar-refractivity contribution is 0.242. The summed E-state index contributed by atoms with van der Waals surface area (Å²) in [5, 5.41) is 14.5. The summed E-state index contributed by atoms with van der Waals surface area (Å²) in [5.74, 6) is 2.39. The van der Waals surface area contributed by atoms with Crippen LogP contribution in [0.1, 0.15) is 39.2 Å². The summed E-state index contributed by atoms with van der Waals surface area (Å²) in [4.78, 5) is 4.46. The fraction of sp³-hybridized carbons (Fsp3) is 0.286. The monoisotopic (exact) mass is 363 g/mol. The van der Waals surface area contributed by atoms with Gasteiger partial charge in [-0.05, 0) is 61.7 Å². The van der Waals surface area contributed by atoms with E-state index in [0.29, 0.717) is 17.7 Å². The van der Waals surface area contributed by atoms with Crippen molar-refractivity contribution in [1.29, 1.82) is 0 Å². The second-order valence-corrected chi connectivity index (χ2v) is 6.88. The van der Waals surface area contributed by atoms with Crippen molar-refractivity contribution in [3.8, 4) is 5.75 Å². The van der Waals surface area contributed by atoms with Crippen molar-refractivity contribution in [3.05, 3.63) is 60.3 Å². The lowest BCUT2D eigenvalue weighted by atomic mass is 10.0.